The highest BCUT2D eigenvalue weighted by atomic mass is 32.2. The van der Waals surface area contributed by atoms with Gasteiger partial charge in [-0.05, 0) is 25.9 Å². The molecule has 4 nitrogen and oxygen atoms in total. The maximum Gasteiger partial charge on any atom is 0.228 e. The third kappa shape index (κ3) is 1.81. The van der Waals surface area contributed by atoms with E-state index in [2.05, 4.69) is 0 Å². The molecule has 0 aromatic rings. The fourth-order valence-corrected chi connectivity index (χ4v) is 3.98. The lowest BCUT2D eigenvalue weighted by atomic mass is 10.2. The van der Waals surface area contributed by atoms with Crippen LogP contribution in [0.4, 0.5) is 0 Å². The van der Waals surface area contributed by atoms with Crippen molar-refractivity contribution in [2.24, 2.45) is 5.14 Å². The van der Waals surface area contributed by atoms with Gasteiger partial charge < -0.3 is 0 Å². The second-order valence-corrected chi connectivity index (χ2v) is 5.72. The molecular formula is C9H20N2O2S. The maximum atomic E-state index is 11.7. The molecule has 0 saturated heterocycles. The molecule has 1 aliphatic carbocycles. The van der Waals surface area contributed by atoms with E-state index in [0.717, 1.165) is 25.9 Å². The minimum absolute atomic E-state index is 0.688. The quantitative estimate of drug-likeness (QED) is 0.765. The van der Waals surface area contributed by atoms with Gasteiger partial charge in [-0.25, -0.2) is 13.6 Å². The van der Waals surface area contributed by atoms with Gasteiger partial charge in [-0.3, -0.25) is 4.90 Å². The van der Waals surface area contributed by atoms with Crippen LogP contribution in [-0.2, 0) is 10.0 Å². The molecule has 0 heterocycles. The Morgan fingerprint density at radius 1 is 1.21 bits per heavy atom. The standard InChI is InChI=1S/C9H20N2O2S/c1-3-11(4-2)9(14(10,12)13)7-5-6-8-9/h3-8H2,1-2H3,(H2,10,12,13). The normalized spacial score (nSPS) is 21.7. The smallest absolute Gasteiger partial charge is 0.228 e. The Labute approximate surface area is 86.5 Å². The molecule has 1 fully saturated rings. The second kappa shape index (κ2) is 4.16. The van der Waals surface area contributed by atoms with E-state index in [0.29, 0.717) is 12.8 Å². The Morgan fingerprint density at radius 2 is 1.64 bits per heavy atom. The summed E-state index contributed by atoms with van der Waals surface area (Å²) >= 11 is 0. The molecule has 0 unspecified atom stereocenters. The van der Waals surface area contributed by atoms with Crippen molar-refractivity contribution in [2.45, 2.75) is 44.4 Å². The number of nitrogens with zero attached hydrogens (tertiary/aromatic N) is 1. The summed E-state index contributed by atoms with van der Waals surface area (Å²) in [4.78, 5) is 1.21. The number of primary sulfonamides is 1. The van der Waals surface area contributed by atoms with Gasteiger partial charge in [-0.2, -0.15) is 0 Å². The molecule has 2 N–H and O–H groups in total. The molecule has 84 valence electrons. The monoisotopic (exact) mass is 220 g/mol. The fraction of sp³-hybridized carbons (Fsp3) is 1.00. The first-order valence-electron chi connectivity index (χ1n) is 5.25. The minimum Gasteiger partial charge on any atom is -0.284 e. The molecule has 0 atom stereocenters. The fourth-order valence-electron chi connectivity index (χ4n) is 2.51. The van der Waals surface area contributed by atoms with Gasteiger partial charge in [0.25, 0.3) is 0 Å². The van der Waals surface area contributed by atoms with E-state index >= 15 is 0 Å². The zero-order valence-corrected chi connectivity index (χ0v) is 9.81. The minimum atomic E-state index is -3.46. The van der Waals surface area contributed by atoms with E-state index in [4.69, 9.17) is 5.14 Å². The Morgan fingerprint density at radius 3 is 1.93 bits per heavy atom. The number of sulfonamides is 1. The summed E-state index contributed by atoms with van der Waals surface area (Å²) in [5.41, 5.74) is 0. The Balaban J connectivity index is 3.04. The van der Waals surface area contributed by atoms with Crippen molar-refractivity contribution < 1.29 is 8.42 Å². The van der Waals surface area contributed by atoms with Crippen LogP contribution in [0.2, 0.25) is 0 Å². The molecular weight excluding hydrogens is 200 g/mol. The molecule has 0 amide bonds. The highest BCUT2D eigenvalue weighted by molar-refractivity contribution is 7.90. The molecule has 0 aliphatic heterocycles. The summed E-state index contributed by atoms with van der Waals surface area (Å²) in [5.74, 6) is 0. The van der Waals surface area contributed by atoms with Crippen LogP contribution in [0.3, 0.4) is 0 Å². The van der Waals surface area contributed by atoms with E-state index in [9.17, 15) is 8.42 Å². The highest BCUT2D eigenvalue weighted by Gasteiger charge is 2.47. The zero-order valence-electron chi connectivity index (χ0n) is 8.99. The van der Waals surface area contributed by atoms with Gasteiger partial charge in [0.2, 0.25) is 10.0 Å². The molecule has 0 radical (unpaired) electrons. The van der Waals surface area contributed by atoms with Crippen LogP contribution < -0.4 is 5.14 Å². The van der Waals surface area contributed by atoms with Gasteiger partial charge in [0, 0.05) is 0 Å². The first-order valence-corrected chi connectivity index (χ1v) is 6.80. The molecule has 0 spiro atoms. The average Bonchev–Trinajstić information content (AvgIpc) is 2.55. The molecule has 0 aromatic heterocycles. The first kappa shape index (κ1) is 11.9. The molecule has 0 aromatic carbocycles. The molecule has 1 rings (SSSR count). The molecule has 1 aliphatic rings. The molecule has 14 heavy (non-hydrogen) atoms. The number of nitrogens with two attached hydrogens (primary N) is 1. The van der Waals surface area contributed by atoms with Crippen LogP contribution in [0.1, 0.15) is 39.5 Å². The third-order valence-corrected chi connectivity index (χ3v) is 4.98. The van der Waals surface area contributed by atoms with Crippen molar-refractivity contribution >= 4 is 10.0 Å². The van der Waals surface area contributed by atoms with E-state index in [1.807, 2.05) is 18.7 Å². The molecule has 1 saturated carbocycles. The Kier molecular flexibility index (Phi) is 3.55. The predicted molar refractivity (Wildman–Crippen MR) is 57.2 cm³/mol. The van der Waals surface area contributed by atoms with Crippen LogP contribution >= 0.6 is 0 Å². The zero-order chi connectivity index (χ0) is 10.8. The van der Waals surface area contributed by atoms with Crippen molar-refractivity contribution in [2.75, 3.05) is 13.1 Å². The van der Waals surface area contributed by atoms with Crippen LogP contribution in [0, 0.1) is 0 Å². The summed E-state index contributed by atoms with van der Waals surface area (Å²) in [5, 5.41) is 5.36. The van der Waals surface area contributed by atoms with Crippen LogP contribution in [-0.4, -0.2) is 31.3 Å². The predicted octanol–water partition coefficient (Wildman–Crippen LogP) is 0.887. The van der Waals surface area contributed by atoms with Gasteiger partial charge in [0.05, 0.1) is 0 Å². The van der Waals surface area contributed by atoms with Crippen molar-refractivity contribution in [1.82, 2.24) is 4.90 Å². The topological polar surface area (TPSA) is 63.4 Å². The van der Waals surface area contributed by atoms with E-state index in [1.54, 1.807) is 0 Å². The summed E-state index contributed by atoms with van der Waals surface area (Å²) in [6, 6.07) is 0. The number of hydrogen-bond acceptors (Lipinski definition) is 3. The second-order valence-electron chi connectivity index (χ2n) is 3.87. The lowest BCUT2D eigenvalue weighted by Gasteiger charge is -2.37. The van der Waals surface area contributed by atoms with Gasteiger partial charge >= 0.3 is 0 Å². The largest absolute Gasteiger partial charge is 0.284 e. The van der Waals surface area contributed by atoms with E-state index in [-0.39, 0.29) is 0 Å². The summed E-state index contributed by atoms with van der Waals surface area (Å²) in [6.45, 7) is 5.45. The lowest BCUT2D eigenvalue weighted by Crippen LogP contribution is -2.55. The van der Waals surface area contributed by atoms with Crippen LogP contribution in [0.15, 0.2) is 0 Å². The Hall–Kier alpha value is -0.130. The average molecular weight is 220 g/mol. The van der Waals surface area contributed by atoms with Gasteiger partial charge in [0.1, 0.15) is 4.87 Å². The van der Waals surface area contributed by atoms with Crippen molar-refractivity contribution in [3.05, 3.63) is 0 Å². The Bertz CT molecular complexity index is 277. The maximum absolute atomic E-state index is 11.7. The van der Waals surface area contributed by atoms with E-state index in [1.165, 1.54) is 0 Å². The summed E-state index contributed by atoms with van der Waals surface area (Å²) < 4.78 is 23.3. The van der Waals surface area contributed by atoms with Gasteiger partial charge in [-0.15, -0.1) is 0 Å². The summed E-state index contributed by atoms with van der Waals surface area (Å²) in [7, 11) is -3.46. The van der Waals surface area contributed by atoms with Crippen LogP contribution in [0.5, 0.6) is 0 Å². The van der Waals surface area contributed by atoms with Crippen molar-refractivity contribution in [1.29, 1.82) is 0 Å². The van der Waals surface area contributed by atoms with Crippen molar-refractivity contribution in [3.63, 3.8) is 0 Å². The number of rotatable bonds is 4. The molecule has 5 heteroatoms. The van der Waals surface area contributed by atoms with E-state index < -0.39 is 14.9 Å². The third-order valence-electron chi connectivity index (χ3n) is 3.25. The van der Waals surface area contributed by atoms with Crippen molar-refractivity contribution in [3.8, 4) is 0 Å². The first-order chi connectivity index (χ1) is 6.48. The van der Waals surface area contributed by atoms with Gasteiger partial charge in [-0.1, -0.05) is 26.7 Å². The highest BCUT2D eigenvalue weighted by Crippen LogP contribution is 2.38. The molecule has 0 bridgehead atoms. The van der Waals surface area contributed by atoms with Crippen LogP contribution in [0.25, 0.3) is 0 Å². The summed E-state index contributed by atoms with van der Waals surface area (Å²) in [6.07, 6.45) is 3.31. The lowest BCUT2D eigenvalue weighted by molar-refractivity contribution is 0.178. The SMILES string of the molecule is CCN(CC)C1(S(N)(=O)=O)CCCC1. The van der Waals surface area contributed by atoms with Gasteiger partial charge in [0.15, 0.2) is 0 Å². The number of hydrogen-bond donors (Lipinski definition) is 1.